The van der Waals surface area contributed by atoms with Crippen LogP contribution in [-0.2, 0) is 9.59 Å². The molecule has 0 radical (unpaired) electrons. The van der Waals surface area contributed by atoms with Crippen molar-refractivity contribution in [2.75, 3.05) is 12.3 Å². The van der Waals surface area contributed by atoms with Gasteiger partial charge in [-0.3, -0.25) is 9.59 Å². The molecule has 0 saturated carbocycles. The molecule has 0 aliphatic carbocycles. The van der Waals surface area contributed by atoms with Crippen molar-refractivity contribution in [1.82, 2.24) is 5.32 Å². The Morgan fingerprint density at radius 2 is 1.44 bits per heavy atom. The van der Waals surface area contributed by atoms with Crippen molar-refractivity contribution in [3.63, 3.8) is 0 Å². The molecule has 0 aliphatic heterocycles. The third-order valence-corrected chi connectivity index (χ3v) is 6.77. The zero-order valence-electron chi connectivity index (χ0n) is 20.4. The van der Waals surface area contributed by atoms with Gasteiger partial charge in [-0.05, 0) is 19.3 Å². The molecule has 188 valence electrons. The second-order valence-electron chi connectivity index (χ2n) is 8.62. The Hall–Kier alpha value is -1.05. The van der Waals surface area contributed by atoms with E-state index in [0.717, 1.165) is 24.2 Å². The zero-order chi connectivity index (χ0) is 24.0. The highest BCUT2D eigenvalue weighted by atomic mass is 32.2. The average Bonchev–Trinajstić information content (AvgIpc) is 2.77. The van der Waals surface area contributed by atoms with Crippen LogP contribution in [0.1, 0.15) is 110 Å². The largest absolute Gasteiger partial charge is 0.480 e. The number of unbranched alkanes of at least 4 members (excludes halogenated alkanes) is 12. The molecule has 0 rings (SSSR count). The molecular weight excluding hydrogens is 424 g/mol. The van der Waals surface area contributed by atoms with E-state index in [9.17, 15) is 14.7 Å². The molecule has 6 nitrogen and oxygen atoms in total. The molecule has 0 spiro atoms. The lowest BCUT2D eigenvalue weighted by Gasteiger charge is -2.17. The molecule has 0 aromatic heterocycles. The number of carboxylic acids is 1. The van der Waals surface area contributed by atoms with E-state index in [1.54, 1.807) is 0 Å². The predicted molar refractivity (Wildman–Crippen MR) is 136 cm³/mol. The highest BCUT2D eigenvalue weighted by Gasteiger charge is 2.17. The molecule has 0 heterocycles. The minimum absolute atomic E-state index is 0.316. The second kappa shape index (κ2) is 21.8. The number of hydrogen-bond donors (Lipinski definition) is 4. The quantitative estimate of drug-likeness (QED) is 0.157. The first-order valence-corrected chi connectivity index (χ1v) is 13.7. The van der Waals surface area contributed by atoms with E-state index >= 15 is 0 Å². The molecule has 32 heavy (non-hydrogen) atoms. The molecule has 1 amide bonds. The van der Waals surface area contributed by atoms with Crippen LogP contribution in [0.5, 0.6) is 0 Å². The number of carbonyl (C=O) groups excluding carboxylic acids is 1. The van der Waals surface area contributed by atoms with Crippen molar-refractivity contribution in [2.45, 2.75) is 122 Å². The highest BCUT2D eigenvalue weighted by molar-refractivity contribution is 8.03. The van der Waals surface area contributed by atoms with Gasteiger partial charge in [-0.2, -0.15) is 0 Å². The van der Waals surface area contributed by atoms with Crippen LogP contribution in [0.3, 0.4) is 0 Å². The summed E-state index contributed by atoms with van der Waals surface area (Å²) in [5.74, 6) is -1.26. The predicted octanol–water partition coefficient (Wildman–Crippen LogP) is 5.38. The van der Waals surface area contributed by atoms with Crippen molar-refractivity contribution in [1.29, 1.82) is 0 Å². The van der Waals surface area contributed by atoms with Crippen LogP contribution in [-0.4, -0.2) is 46.5 Å². The molecule has 0 aromatic rings. The second-order valence-corrected chi connectivity index (χ2v) is 9.71. The number of rotatable bonds is 22. The molecule has 7 heteroatoms. The minimum atomic E-state index is -1.10. The smallest absolute Gasteiger partial charge is 0.322 e. The third kappa shape index (κ3) is 18.5. The Morgan fingerprint density at radius 3 is 1.94 bits per heavy atom. The zero-order valence-corrected chi connectivity index (χ0v) is 21.3. The summed E-state index contributed by atoms with van der Waals surface area (Å²) in [6, 6.07) is -0.803. The number of hydrogen-bond acceptors (Lipinski definition) is 5. The first kappa shape index (κ1) is 30.9. The lowest BCUT2D eigenvalue weighted by Crippen LogP contribution is -2.44. The van der Waals surface area contributed by atoms with E-state index in [1.165, 1.54) is 82.4 Å². The van der Waals surface area contributed by atoms with Gasteiger partial charge < -0.3 is 21.3 Å². The van der Waals surface area contributed by atoms with Gasteiger partial charge in [0, 0.05) is 10.7 Å². The summed E-state index contributed by atoms with van der Waals surface area (Å²) in [5.41, 5.74) is 5.87. The van der Waals surface area contributed by atoms with Crippen molar-refractivity contribution >= 4 is 23.6 Å². The maximum Gasteiger partial charge on any atom is 0.322 e. The molecule has 0 bridgehead atoms. The fraction of sp³-hybridized carbons (Fsp3) is 0.840. The van der Waals surface area contributed by atoms with E-state index in [2.05, 4.69) is 18.3 Å². The third-order valence-electron chi connectivity index (χ3n) is 5.47. The van der Waals surface area contributed by atoms with Gasteiger partial charge in [-0.15, -0.1) is 11.8 Å². The number of nitrogens with one attached hydrogen (secondary N) is 1. The summed E-state index contributed by atoms with van der Waals surface area (Å²) in [4.78, 5) is 23.3. The van der Waals surface area contributed by atoms with Gasteiger partial charge >= 0.3 is 5.97 Å². The van der Waals surface area contributed by atoms with Crippen LogP contribution in [0.25, 0.3) is 0 Å². The minimum Gasteiger partial charge on any atom is -0.480 e. The Labute approximate surface area is 200 Å². The lowest BCUT2D eigenvalue weighted by atomic mass is 10.0. The van der Waals surface area contributed by atoms with Gasteiger partial charge in [0.05, 0.1) is 12.1 Å². The summed E-state index contributed by atoms with van der Waals surface area (Å²) < 4.78 is 0. The van der Waals surface area contributed by atoms with Crippen molar-refractivity contribution in [2.24, 2.45) is 5.73 Å². The molecule has 0 aromatic carbocycles. The van der Waals surface area contributed by atoms with Crippen molar-refractivity contribution in [3.8, 4) is 0 Å². The number of aliphatic hydroxyl groups is 1. The molecule has 0 unspecified atom stereocenters. The number of aliphatic carboxylic acids is 1. The number of allylic oxidation sites excluding steroid dienone is 1. The van der Waals surface area contributed by atoms with Gasteiger partial charge in [0.2, 0.25) is 5.91 Å². The van der Waals surface area contributed by atoms with Crippen LogP contribution in [0, 0.1) is 0 Å². The number of thioether (sulfide) groups is 1. The van der Waals surface area contributed by atoms with Crippen LogP contribution < -0.4 is 11.1 Å². The van der Waals surface area contributed by atoms with Crippen molar-refractivity contribution < 1.29 is 19.8 Å². The standard InChI is InChI=1S/C25H48N2O4S/c1-3-5-6-7-8-9-10-11-12-13-14-15-16-18-23(22(28)17-4-2)32-20-21(26)25(31)27-19-24(29)30/h18,21-22,28H,3-17,19-20,26H2,1-2H3,(H,27,31)(H,29,30)/t21-,22-/m0/s1. The molecule has 0 saturated heterocycles. The van der Waals surface area contributed by atoms with Gasteiger partial charge in [0.1, 0.15) is 6.54 Å². The maximum absolute atomic E-state index is 11.8. The highest BCUT2D eigenvalue weighted by Crippen LogP contribution is 2.24. The van der Waals surface area contributed by atoms with Crippen LogP contribution >= 0.6 is 11.8 Å². The normalized spacial score (nSPS) is 13.7. The number of carboxylic acid groups (broad SMARTS) is 1. The summed E-state index contributed by atoms with van der Waals surface area (Å²) >= 11 is 1.40. The number of aliphatic hydroxyl groups excluding tert-OH is 1. The van der Waals surface area contributed by atoms with E-state index in [-0.39, 0.29) is 0 Å². The molecule has 0 fully saturated rings. The maximum atomic E-state index is 11.8. The molecular formula is C25H48N2O4S. The van der Waals surface area contributed by atoms with E-state index < -0.39 is 30.6 Å². The monoisotopic (exact) mass is 472 g/mol. The topological polar surface area (TPSA) is 113 Å². The summed E-state index contributed by atoms with van der Waals surface area (Å²) in [7, 11) is 0. The average molecular weight is 473 g/mol. The van der Waals surface area contributed by atoms with Crippen LogP contribution in [0.2, 0.25) is 0 Å². The Morgan fingerprint density at radius 1 is 0.906 bits per heavy atom. The van der Waals surface area contributed by atoms with Gasteiger partial charge in [-0.25, -0.2) is 0 Å². The number of carbonyl (C=O) groups is 2. The SMILES string of the molecule is CCCCCCCCCCCCCCC=C(SC[C@H](N)C(=O)NCC(=O)O)[C@@H](O)CCC. The fourth-order valence-corrected chi connectivity index (χ4v) is 4.56. The summed E-state index contributed by atoms with van der Waals surface area (Å²) in [6.07, 6.45) is 19.8. The number of nitrogens with two attached hydrogens (primary N) is 1. The van der Waals surface area contributed by atoms with Crippen LogP contribution in [0.15, 0.2) is 11.0 Å². The molecule has 0 aliphatic rings. The Kier molecular flexibility index (Phi) is 21.1. The fourth-order valence-electron chi connectivity index (χ4n) is 3.49. The van der Waals surface area contributed by atoms with E-state index in [0.29, 0.717) is 12.2 Å². The van der Waals surface area contributed by atoms with E-state index in [1.807, 2.05) is 6.92 Å². The summed E-state index contributed by atoms with van der Waals surface area (Å²) in [6.45, 7) is 3.85. The van der Waals surface area contributed by atoms with Gasteiger partial charge in [0.15, 0.2) is 0 Å². The summed E-state index contributed by atoms with van der Waals surface area (Å²) in [5, 5.41) is 21.4. The first-order chi connectivity index (χ1) is 15.4. The molecule has 5 N–H and O–H groups in total. The Bertz CT molecular complexity index is 514. The van der Waals surface area contributed by atoms with Crippen molar-refractivity contribution in [3.05, 3.63) is 11.0 Å². The van der Waals surface area contributed by atoms with Crippen LogP contribution in [0.4, 0.5) is 0 Å². The first-order valence-electron chi connectivity index (χ1n) is 12.7. The van der Waals surface area contributed by atoms with E-state index in [4.69, 9.17) is 10.8 Å². The lowest BCUT2D eigenvalue weighted by molar-refractivity contribution is -0.138. The van der Waals surface area contributed by atoms with Gasteiger partial charge in [0.25, 0.3) is 0 Å². The number of amides is 1. The van der Waals surface area contributed by atoms with Gasteiger partial charge in [-0.1, -0.05) is 97.0 Å². The Balaban J connectivity index is 4.08. The molecule has 2 atom stereocenters.